The van der Waals surface area contributed by atoms with Crippen molar-refractivity contribution in [3.05, 3.63) is 60.0 Å². The van der Waals surface area contributed by atoms with E-state index in [9.17, 15) is 4.79 Å². The average molecular weight is 367 g/mol. The first-order valence-corrected chi connectivity index (χ1v) is 8.39. The summed E-state index contributed by atoms with van der Waals surface area (Å²) < 4.78 is 16.1. The molecule has 3 aromatic rings. The molecule has 0 bridgehead atoms. The average Bonchev–Trinajstić information content (AvgIpc) is 3.07. The Morgan fingerprint density at radius 3 is 2.52 bits per heavy atom. The molecule has 0 radical (unpaired) electrons. The highest BCUT2D eigenvalue weighted by Crippen LogP contribution is 2.24. The number of amides is 2. The van der Waals surface area contributed by atoms with Crippen LogP contribution in [0.25, 0.3) is 11.5 Å². The molecule has 0 unspecified atom stereocenters. The first kappa shape index (κ1) is 18.3. The van der Waals surface area contributed by atoms with E-state index >= 15 is 0 Å². The summed E-state index contributed by atoms with van der Waals surface area (Å²) in [5, 5.41) is 5.53. The number of oxazole rings is 1. The lowest BCUT2D eigenvalue weighted by atomic mass is 10.2. The molecule has 0 spiro atoms. The highest BCUT2D eigenvalue weighted by atomic mass is 16.5. The molecular formula is C20H21N3O4. The summed E-state index contributed by atoms with van der Waals surface area (Å²) in [6, 6.07) is 14.3. The maximum atomic E-state index is 12.2. The number of rotatable bonds is 6. The van der Waals surface area contributed by atoms with E-state index in [1.807, 2.05) is 43.3 Å². The van der Waals surface area contributed by atoms with E-state index < -0.39 is 0 Å². The Kier molecular flexibility index (Phi) is 5.61. The molecule has 27 heavy (non-hydrogen) atoms. The third-order valence-electron chi connectivity index (χ3n) is 4.00. The molecule has 1 heterocycles. The second-order valence-electron chi connectivity index (χ2n) is 5.76. The van der Waals surface area contributed by atoms with Crippen LogP contribution in [0.1, 0.15) is 11.5 Å². The Morgan fingerprint density at radius 2 is 1.81 bits per heavy atom. The molecule has 2 amide bonds. The van der Waals surface area contributed by atoms with Crippen LogP contribution in [0, 0.1) is 6.92 Å². The smallest absolute Gasteiger partial charge is 0.319 e. The van der Waals surface area contributed by atoms with E-state index in [0.29, 0.717) is 28.8 Å². The number of carbonyl (C=O) groups excluding carboxylic acids is 1. The van der Waals surface area contributed by atoms with Crippen LogP contribution in [0.15, 0.2) is 52.9 Å². The number of hydrogen-bond donors (Lipinski definition) is 2. The predicted octanol–water partition coefficient (Wildman–Crippen LogP) is 3.99. The molecule has 0 aliphatic carbocycles. The van der Waals surface area contributed by atoms with Gasteiger partial charge in [-0.25, -0.2) is 9.78 Å². The minimum atomic E-state index is -0.354. The van der Waals surface area contributed by atoms with Crippen molar-refractivity contribution in [2.75, 3.05) is 19.5 Å². The normalized spacial score (nSPS) is 10.3. The van der Waals surface area contributed by atoms with Gasteiger partial charge in [0.05, 0.1) is 26.5 Å². The fourth-order valence-corrected chi connectivity index (χ4v) is 2.53. The van der Waals surface area contributed by atoms with Crippen LogP contribution in [0.3, 0.4) is 0 Å². The van der Waals surface area contributed by atoms with Crippen molar-refractivity contribution in [3.8, 4) is 23.0 Å². The molecule has 0 saturated carbocycles. The van der Waals surface area contributed by atoms with E-state index in [1.54, 1.807) is 26.4 Å². The molecule has 2 N–H and O–H groups in total. The van der Waals surface area contributed by atoms with Crippen molar-refractivity contribution in [1.82, 2.24) is 10.3 Å². The van der Waals surface area contributed by atoms with E-state index in [1.165, 1.54) is 0 Å². The van der Waals surface area contributed by atoms with Gasteiger partial charge in [0.2, 0.25) is 5.89 Å². The number of aromatic nitrogens is 1. The maximum Gasteiger partial charge on any atom is 0.319 e. The monoisotopic (exact) mass is 367 g/mol. The van der Waals surface area contributed by atoms with Crippen molar-refractivity contribution in [2.24, 2.45) is 0 Å². The van der Waals surface area contributed by atoms with Crippen molar-refractivity contribution >= 4 is 11.7 Å². The summed E-state index contributed by atoms with van der Waals surface area (Å²) in [7, 11) is 3.17. The van der Waals surface area contributed by atoms with E-state index in [0.717, 1.165) is 11.3 Å². The van der Waals surface area contributed by atoms with Gasteiger partial charge in [0.1, 0.15) is 23.0 Å². The number of nitrogens with one attached hydrogen (secondary N) is 2. The van der Waals surface area contributed by atoms with Crippen LogP contribution in [0.2, 0.25) is 0 Å². The van der Waals surface area contributed by atoms with Gasteiger partial charge in [0, 0.05) is 5.56 Å². The minimum absolute atomic E-state index is 0.243. The van der Waals surface area contributed by atoms with Crippen molar-refractivity contribution in [3.63, 3.8) is 0 Å². The van der Waals surface area contributed by atoms with E-state index in [4.69, 9.17) is 13.9 Å². The highest BCUT2D eigenvalue weighted by Gasteiger charge is 2.13. The fraction of sp³-hybridized carbons (Fsp3) is 0.200. The zero-order valence-electron chi connectivity index (χ0n) is 15.4. The van der Waals surface area contributed by atoms with Gasteiger partial charge in [0.15, 0.2) is 0 Å². The molecule has 140 valence electrons. The number of hydrogen-bond acceptors (Lipinski definition) is 5. The van der Waals surface area contributed by atoms with Crippen LogP contribution in [0.4, 0.5) is 10.5 Å². The molecule has 0 fully saturated rings. The first-order chi connectivity index (χ1) is 13.1. The molecule has 1 aromatic heterocycles. The van der Waals surface area contributed by atoms with Gasteiger partial charge in [-0.3, -0.25) is 0 Å². The second-order valence-corrected chi connectivity index (χ2v) is 5.76. The van der Waals surface area contributed by atoms with Gasteiger partial charge in [-0.05, 0) is 43.3 Å². The molecule has 0 aliphatic heterocycles. The van der Waals surface area contributed by atoms with Crippen LogP contribution < -0.4 is 20.1 Å². The number of nitrogens with zero attached hydrogens (tertiary/aromatic N) is 1. The molecule has 2 aromatic carbocycles. The number of anilines is 1. The summed E-state index contributed by atoms with van der Waals surface area (Å²) in [6.07, 6.45) is 0. The summed E-state index contributed by atoms with van der Waals surface area (Å²) in [6.45, 7) is 2.06. The molecule has 3 rings (SSSR count). The number of para-hydroxylation sites is 2. The van der Waals surface area contributed by atoms with Gasteiger partial charge in [0.25, 0.3) is 0 Å². The molecule has 0 atom stereocenters. The Labute approximate surface area is 157 Å². The van der Waals surface area contributed by atoms with Crippen LogP contribution >= 0.6 is 0 Å². The van der Waals surface area contributed by atoms with E-state index in [2.05, 4.69) is 15.6 Å². The Balaban J connectivity index is 1.64. The van der Waals surface area contributed by atoms with Crippen molar-refractivity contribution < 1.29 is 18.7 Å². The number of methoxy groups -OCH3 is 2. The largest absolute Gasteiger partial charge is 0.497 e. The first-order valence-electron chi connectivity index (χ1n) is 8.39. The number of ether oxygens (including phenoxy) is 2. The summed E-state index contributed by atoms with van der Waals surface area (Å²) in [5.41, 5.74) is 2.09. The quantitative estimate of drug-likeness (QED) is 0.688. The minimum Gasteiger partial charge on any atom is -0.497 e. The topological polar surface area (TPSA) is 85.6 Å². The number of carbonyl (C=O) groups is 1. The molecule has 0 aliphatic rings. The van der Waals surface area contributed by atoms with E-state index in [-0.39, 0.29) is 12.6 Å². The van der Waals surface area contributed by atoms with Gasteiger partial charge >= 0.3 is 6.03 Å². The van der Waals surface area contributed by atoms with Crippen LogP contribution in [-0.2, 0) is 6.54 Å². The van der Waals surface area contributed by atoms with Crippen LogP contribution in [0.5, 0.6) is 11.5 Å². The number of benzene rings is 2. The lowest BCUT2D eigenvalue weighted by Gasteiger charge is -2.10. The third kappa shape index (κ3) is 4.38. The number of aryl methyl sites for hydroxylation is 1. The predicted molar refractivity (Wildman–Crippen MR) is 102 cm³/mol. The Bertz CT molecular complexity index is 919. The zero-order valence-corrected chi connectivity index (χ0v) is 15.4. The summed E-state index contributed by atoms with van der Waals surface area (Å²) >= 11 is 0. The van der Waals surface area contributed by atoms with Crippen molar-refractivity contribution in [1.29, 1.82) is 0 Å². The lowest BCUT2D eigenvalue weighted by Crippen LogP contribution is -2.28. The number of urea groups is 1. The second kappa shape index (κ2) is 8.27. The third-order valence-corrected chi connectivity index (χ3v) is 4.00. The molecule has 0 saturated heterocycles. The molecular weight excluding hydrogens is 346 g/mol. The molecule has 7 nitrogen and oxygen atoms in total. The van der Waals surface area contributed by atoms with Gasteiger partial charge in [-0.15, -0.1) is 0 Å². The maximum absolute atomic E-state index is 12.2. The lowest BCUT2D eigenvalue weighted by molar-refractivity contribution is 0.251. The highest BCUT2D eigenvalue weighted by molar-refractivity contribution is 5.90. The van der Waals surface area contributed by atoms with Crippen molar-refractivity contribution in [2.45, 2.75) is 13.5 Å². The van der Waals surface area contributed by atoms with Crippen LogP contribution in [-0.4, -0.2) is 25.2 Å². The van der Waals surface area contributed by atoms with Gasteiger partial charge in [-0.1, -0.05) is 12.1 Å². The molecule has 7 heteroatoms. The summed E-state index contributed by atoms with van der Waals surface area (Å²) in [5.74, 6) is 2.50. The zero-order chi connectivity index (χ0) is 19.2. The van der Waals surface area contributed by atoms with Gasteiger partial charge in [-0.2, -0.15) is 0 Å². The SMILES string of the molecule is COc1ccc(-c2nc(CNC(=O)Nc3ccccc3OC)c(C)o2)cc1. The Hall–Kier alpha value is -3.48. The standard InChI is InChI=1S/C20H21N3O4/c1-13-17(22-19(27-13)14-8-10-15(25-2)11-9-14)12-21-20(24)23-16-6-4-5-7-18(16)26-3/h4-11H,12H2,1-3H3,(H2,21,23,24). The fourth-order valence-electron chi connectivity index (χ4n) is 2.53. The van der Waals surface area contributed by atoms with Gasteiger partial charge < -0.3 is 24.5 Å². The Morgan fingerprint density at radius 1 is 1.07 bits per heavy atom. The summed E-state index contributed by atoms with van der Waals surface area (Å²) in [4.78, 5) is 16.6.